The average molecular weight is 257 g/mol. The van der Waals surface area contributed by atoms with E-state index in [1.807, 2.05) is 17.5 Å². The molecular weight excluding hydrogens is 246 g/mol. The largest absolute Gasteiger partial charge is 0.374 e. The second-order valence-electron chi connectivity index (χ2n) is 3.70. The molecule has 1 rings (SSSR count). The number of imide groups is 1. The van der Waals surface area contributed by atoms with Crippen LogP contribution in [0.1, 0.15) is 18.1 Å². The first-order chi connectivity index (χ1) is 8.97. The number of anilines is 1. The van der Waals surface area contributed by atoms with E-state index in [2.05, 4.69) is 5.32 Å². The van der Waals surface area contributed by atoms with Crippen molar-refractivity contribution in [1.82, 2.24) is 5.32 Å². The van der Waals surface area contributed by atoms with Crippen molar-refractivity contribution in [2.75, 3.05) is 5.32 Å². The molecule has 1 aromatic carbocycles. The smallest absolute Gasteiger partial charge is 0.318 e. The Balaban J connectivity index is 2.84. The van der Waals surface area contributed by atoms with Crippen LogP contribution in [0.5, 0.6) is 0 Å². The standard InChI is InChI=1S/C12H11N5O2/c1-7(11(18)17-12(15)19)16-10-3-2-8(5-13)9(4-10)6-14/h2-4,7,16H,1H3,(H3,15,17,18,19). The number of nitrogens with zero attached hydrogens (tertiary/aromatic N) is 2. The minimum absolute atomic E-state index is 0.204. The first-order valence-corrected chi connectivity index (χ1v) is 5.29. The highest BCUT2D eigenvalue weighted by Crippen LogP contribution is 2.15. The summed E-state index contributed by atoms with van der Waals surface area (Å²) in [6.07, 6.45) is 0. The highest BCUT2D eigenvalue weighted by molar-refractivity contribution is 5.97. The Kier molecular flexibility index (Phi) is 4.44. The third kappa shape index (κ3) is 3.72. The SMILES string of the molecule is CC(Nc1ccc(C#N)c(C#N)c1)C(=O)NC(N)=O. The number of hydrogen-bond donors (Lipinski definition) is 3. The fourth-order valence-electron chi connectivity index (χ4n) is 1.37. The van der Waals surface area contributed by atoms with Crippen LogP contribution < -0.4 is 16.4 Å². The molecule has 3 amide bonds. The van der Waals surface area contributed by atoms with Gasteiger partial charge in [0.25, 0.3) is 0 Å². The number of amides is 3. The fraction of sp³-hybridized carbons (Fsp3) is 0.167. The summed E-state index contributed by atoms with van der Waals surface area (Å²) in [5.74, 6) is -0.588. The maximum atomic E-state index is 11.4. The van der Waals surface area contributed by atoms with Gasteiger partial charge in [-0.05, 0) is 25.1 Å². The van der Waals surface area contributed by atoms with E-state index in [1.54, 1.807) is 6.07 Å². The number of carbonyl (C=O) groups excluding carboxylic acids is 2. The fourth-order valence-corrected chi connectivity index (χ4v) is 1.37. The van der Waals surface area contributed by atoms with Crippen LogP contribution in [0.15, 0.2) is 18.2 Å². The zero-order valence-corrected chi connectivity index (χ0v) is 10.1. The molecule has 7 nitrogen and oxygen atoms in total. The third-order valence-electron chi connectivity index (χ3n) is 2.28. The van der Waals surface area contributed by atoms with Gasteiger partial charge in [0.1, 0.15) is 18.2 Å². The van der Waals surface area contributed by atoms with Crippen molar-refractivity contribution in [2.24, 2.45) is 5.73 Å². The highest BCUT2D eigenvalue weighted by Gasteiger charge is 2.14. The Labute approximate surface area is 109 Å². The van der Waals surface area contributed by atoms with Gasteiger partial charge in [-0.25, -0.2) is 4.79 Å². The van der Waals surface area contributed by atoms with E-state index in [9.17, 15) is 9.59 Å². The van der Waals surface area contributed by atoms with Crippen molar-refractivity contribution < 1.29 is 9.59 Å². The predicted molar refractivity (Wildman–Crippen MR) is 66.7 cm³/mol. The van der Waals surface area contributed by atoms with Crippen LogP contribution in [0.4, 0.5) is 10.5 Å². The van der Waals surface area contributed by atoms with Crippen LogP contribution in [0, 0.1) is 22.7 Å². The highest BCUT2D eigenvalue weighted by atomic mass is 16.2. The first kappa shape index (κ1) is 14.0. The molecule has 0 saturated heterocycles. The van der Waals surface area contributed by atoms with Crippen LogP contribution in [-0.2, 0) is 4.79 Å². The van der Waals surface area contributed by atoms with E-state index in [-0.39, 0.29) is 11.1 Å². The summed E-state index contributed by atoms with van der Waals surface area (Å²) in [6.45, 7) is 1.53. The predicted octanol–water partition coefficient (Wildman–Crippen LogP) is 0.425. The van der Waals surface area contributed by atoms with Crippen molar-refractivity contribution in [1.29, 1.82) is 10.5 Å². The van der Waals surface area contributed by atoms with Gasteiger partial charge >= 0.3 is 6.03 Å². The van der Waals surface area contributed by atoms with Crippen LogP contribution in [-0.4, -0.2) is 18.0 Å². The quantitative estimate of drug-likeness (QED) is 0.722. The zero-order chi connectivity index (χ0) is 14.4. The third-order valence-corrected chi connectivity index (χ3v) is 2.28. The van der Waals surface area contributed by atoms with Crippen LogP contribution >= 0.6 is 0 Å². The van der Waals surface area contributed by atoms with Gasteiger partial charge in [-0.3, -0.25) is 10.1 Å². The number of carbonyl (C=O) groups is 2. The van der Waals surface area contributed by atoms with Crippen LogP contribution in [0.3, 0.4) is 0 Å². The maximum Gasteiger partial charge on any atom is 0.318 e. The minimum Gasteiger partial charge on any atom is -0.374 e. The Hall–Kier alpha value is -3.06. The molecule has 96 valence electrons. The number of rotatable bonds is 3. The molecule has 0 fully saturated rings. The van der Waals surface area contributed by atoms with E-state index in [1.165, 1.54) is 19.1 Å². The topological polar surface area (TPSA) is 132 Å². The number of hydrogen-bond acceptors (Lipinski definition) is 5. The second kappa shape index (κ2) is 6.03. The molecule has 0 aliphatic heterocycles. The Morgan fingerprint density at radius 1 is 1.26 bits per heavy atom. The molecule has 19 heavy (non-hydrogen) atoms. The molecule has 4 N–H and O–H groups in total. The van der Waals surface area contributed by atoms with Crippen molar-refractivity contribution in [3.8, 4) is 12.1 Å². The average Bonchev–Trinajstić information content (AvgIpc) is 2.37. The number of primary amides is 1. The van der Waals surface area contributed by atoms with E-state index >= 15 is 0 Å². The summed E-state index contributed by atoms with van der Waals surface area (Å²) >= 11 is 0. The van der Waals surface area contributed by atoms with Gasteiger partial charge in [-0.15, -0.1) is 0 Å². The van der Waals surface area contributed by atoms with E-state index in [0.29, 0.717) is 5.69 Å². The van der Waals surface area contributed by atoms with Gasteiger partial charge in [-0.2, -0.15) is 10.5 Å². The molecule has 1 aromatic rings. The number of benzene rings is 1. The van der Waals surface area contributed by atoms with Gasteiger partial charge in [0.15, 0.2) is 0 Å². The lowest BCUT2D eigenvalue weighted by atomic mass is 10.1. The lowest BCUT2D eigenvalue weighted by Crippen LogP contribution is -2.43. The van der Waals surface area contributed by atoms with Gasteiger partial charge < -0.3 is 11.1 Å². The molecule has 1 atom stereocenters. The van der Waals surface area contributed by atoms with Crippen LogP contribution in [0.25, 0.3) is 0 Å². The van der Waals surface area contributed by atoms with Crippen LogP contribution in [0.2, 0.25) is 0 Å². The summed E-state index contributed by atoms with van der Waals surface area (Å²) in [7, 11) is 0. The Morgan fingerprint density at radius 3 is 2.42 bits per heavy atom. The number of nitrogens with one attached hydrogen (secondary N) is 2. The summed E-state index contributed by atoms with van der Waals surface area (Å²) < 4.78 is 0. The van der Waals surface area contributed by atoms with Crippen molar-refractivity contribution >= 4 is 17.6 Å². The summed E-state index contributed by atoms with van der Waals surface area (Å²) in [5, 5.41) is 22.4. The molecule has 0 bridgehead atoms. The first-order valence-electron chi connectivity index (χ1n) is 5.29. The number of nitriles is 2. The Bertz CT molecular complexity index is 597. The zero-order valence-electron chi connectivity index (χ0n) is 10.1. The van der Waals surface area contributed by atoms with Crippen molar-refractivity contribution in [2.45, 2.75) is 13.0 Å². The second-order valence-corrected chi connectivity index (χ2v) is 3.70. The molecule has 0 spiro atoms. The Morgan fingerprint density at radius 2 is 1.89 bits per heavy atom. The minimum atomic E-state index is -0.934. The monoisotopic (exact) mass is 257 g/mol. The maximum absolute atomic E-state index is 11.4. The van der Waals surface area contributed by atoms with Gasteiger partial charge in [-0.1, -0.05) is 0 Å². The molecule has 0 aliphatic rings. The molecule has 0 radical (unpaired) electrons. The van der Waals surface area contributed by atoms with Crippen molar-refractivity contribution in [3.63, 3.8) is 0 Å². The summed E-state index contributed by atoms with van der Waals surface area (Å²) in [5.41, 5.74) is 5.77. The molecule has 0 saturated carbocycles. The molecule has 1 unspecified atom stereocenters. The molecule has 7 heteroatoms. The lowest BCUT2D eigenvalue weighted by molar-refractivity contribution is -0.120. The summed E-state index contributed by atoms with van der Waals surface area (Å²) in [4.78, 5) is 22.0. The normalized spacial score (nSPS) is 10.7. The molecule has 0 aliphatic carbocycles. The number of urea groups is 1. The molecule has 0 heterocycles. The number of nitrogens with two attached hydrogens (primary N) is 1. The summed E-state index contributed by atoms with van der Waals surface area (Å²) in [6, 6.07) is 6.61. The van der Waals surface area contributed by atoms with Crippen molar-refractivity contribution in [3.05, 3.63) is 29.3 Å². The molecular formula is C12H11N5O2. The lowest BCUT2D eigenvalue weighted by Gasteiger charge is -2.14. The van der Waals surface area contributed by atoms with Gasteiger partial charge in [0.05, 0.1) is 11.1 Å². The van der Waals surface area contributed by atoms with Gasteiger partial charge in [0, 0.05) is 5.69 Å². The van der Waals surface area contributed by atoms with E-state index < -0.39 is 18.0 Å². The van der Waals surface area contributed by atoms with Gasteiger partial charge in [0.2, 0.25) is 5.91 Å². The van der Waals surface area contributed by atoms with E-state index in [0.717, 1.165) is 0 Å². The molecule has 0 aromatic heterocycles. The van der Waals surface area contributed by atoms with E-state index in [4.69, 9.17) is 16.3 Å².